The van der Waals surface area contributed by atoms with E-state index in [0.29, 0.717) is 0 Å². The Labute approximate surface area is 156 Å². The predicted octanol–water partition coefficient (Wildman–Crippen LogP) is 5.00. The van der Waals surface area contributed by atoms with Crippen LogP contribution in [0.4, 0.5) is 0 Å². The molecular weight excluding hydrogens is 344 g/mol. The first-order valence-corrected chi connectivity index (χ1v) is 9.53. The van der Waals surface area contributed by atoms with Crippen LogP contribution in [0, 0.1) is 6.92 Å². The van der Waals surface area contributed by atoms with Crippen molar-refractivity contribution in [2.24, 2.45) is 5.10 Å². The molecule has 5 rings (SSSR count). The summed E-state index contributed by atoms with van der Waals surface area (Å²) in [6, 6.07) is 18.0. The molecule has 0 fully saturated rings. The quantitative estimate of drug-likeness (QED) is 0.697. The van der Waals surface area contributed by atoms with E-state index in [4.69, 9.17) is 9.84 Å². The third-order valence-electron chi connectivity index (χ3n) is 4.95. The van der Waals surface area contributed by atoms with Gasteiger partial charge in [-0.1, -0.05) is 35.9 Å². The molecule has 0 amide bonds. The van der Waals surface area contributed by atoms with Gasteiger partial charge in [-0.15, -0.1) is 11.3 Å². The fourth-order valence-electron chi connectivity index (χ4n) is 3.70. The summed E-state index contributed by atoms with van der Waals surface area (Å²) in [7, 11) is 0. The third kappa shape index (κ3) is 2.39. The second-order valence-electron chi connectivity index (χ2n) is 6.69. The number of ether oxygens (including phenoxy) is 1. The Hall–Kier alpha value is -2.79. The molecule has 0 saturated carbocycles. The summed E-state index contributed by atoms with van der Waals surface area (Å²) in [5.74, 6) is 1.19. The van der Waals surface area contributed by atoms with Crippen LogP contribution in [0.25, 0.3) is 0 Å². The summed E-state index contributed by atoms with van der Waals surface area (Å²) in [4.78, 5) is 1.13. The minimum Gasteiger partial charge on any atom is -0.507 e. The Morgan fingerprint density at radius 2 is 2.04 bits per heavy atom. The van der Waals surface area contributed by atoms with Crippen LogP contribution in [0.2, 0.25) is 0 Å². The van der Waals surface area contributed by atoms with Crippen LogP contribution in [0.15, 0.2) is 65.1 Å². The summed E-state index contributed by atoms with van der Waals surface area (Å²) in [6.07, 6.45) is 0.513. The Morgan fingerprint density at radius 3 is 2.88 bits per heavy atom. The van der Waals surface area contributed by atoms with E-state index < -0.39 is 0 Å². The number of hydrogen-bond acceptors (Lipinski definition) is 5. The van der Waals surface area contributed by atoms with E-state index in [-0.39, 0.29) is 18.0 Å². The van der Waals surface area contributed by atoms with Crippen LogP contribution < -0.4 is 4.74 Å². The summed E-state index contributed by atoms with van der Waals surface area (Å²) in [5.41, 5.74) is 3.96. The number of benzene rings is 2. The van der Waals surface area contributed by atoms with E-state index in [1.807, 2.05) is 48.3 Å². The highest BCUT2D eigenvalue weighted by Gasteiger charge is 2.41. The highest BCUT2D eigenvalue weighted by molar-refractivity contribution is 7.10. The molecule has 26 heavy (non-hydrogen) atoms. The van der Waals surface area contributed by atoms with Crippen LogP contribution in [-0.4, -0.2) is 15.8 Å². The molecule has 1 N–H and O–H groups in total. The minimum atomic E-state index is -0.237. The normalized spacial score (nSPS) is 21.0. The zero-order valence-corrected chi connectivity index (χ0v) is 15.1. The number of phenols is 1. The Morgan fingerprint density at radius 1 is 1.15 bits per heavy atom. The van der Waals surface area contributed by atoms with Gasteiger partial charge in [-0.2, -0.15) is 5.10 Å². The number of hydrogen-bond donors (Lipinski definition) is 1. The van der Waals surface area contributed by atoms with Gasteiger partial charge >= 0.3 is 0 Å². The maximum absolute atomic E-state index is 10.3. The predicted molar refractivity (Wildman–Crippen MR) is 103 cm³/mol. The molecule has 3 heterocycles. The van der Waals surface area contributed by atoms with Crippen molar-refractivity contribution in [3.05, 3.63) is 81.5 Å². The molecule has 0 spiro atoms. The number of nitrogens with zero attached hydrogens (tertiary/aromatic N) is 2. The van der Waals surface area contributed by atoms with Gasteiger partial charge in [0, 0.05) is 17.5 Å². The third-order valence-corrected chi connectivity index (χ3v) is 5.85. The van der Waals surface area contributed by atoms with Crippen molar-refractivity contribution in [1.82, 2.24) is 5.01 Å². The molecular formula is C21H18N2O2S. The molecule has 3 aromatic rings. The number of phenolic OH excluding ortho intramolecular Hbond substituents is 1. The lowest BCUT2D eigenvalue weighted by atomic mass is 9.95. The van der Waals surface area contributed by atoms with Gasteiger partial charge in [-0.25, -0.2) is 5.01 Å². The van der Waals surface area contributed by atoms with Crippen LogP contribution >= 0.6 is 11.3 Å². The number of rotatable bonds is 2. The van der Waals surface area contributed by atoms with Crippen LogP contribution in [0.1, 0.15) is 40.3 Å². The average molecular weight is 362 g/mol. The van der Waals surface area contributed by atoms with Gasteiger partial charge in [-0.3, -0.25) is 0 Å². The zero-order chi connectivity index (χ0) is 17.7. The van der Waals surface area contributed by atoms with Crippen LogP contribution in [-0.2, 0) is 0 Å². The molecule has 2 atom stereocenters. The lowest BCUT2D eigenvalue weighted by Crippen LogP contribution is -2.33. The van der Waals surface area contributed by atoms with Gasteiger partial charge in [0.2, 0.25) is 6.23 Å². The summed E-state index contributed by atoms with van der Waals surface area (Å²) in [6.45, 7) is 2.03. The first-order chi connectivity index (χ1) is 12.7. The van der Waals surface area contributed by atoms with E-state index in [2.05, 4.69) is 17.5 Å². The van der Waals surface area contributed by atoms with Crippen LogP contribution in [0.3, 0.4) is 0 Å². The standard InChI is InChI=1S/C21H18N2O2S/c1-13-8-9-18(24)15(11-13)16-12-17-14-5-2-3-6-19(14)25-21(23(17)22-16)20-7-4-10-26-20/h2-11,17,21,24H,12H2,1H3/t17-,21+/m0/s1. The zero-order valence-electron chi connectivity index (χ0n) is 14.3. The molecule has 130 valence electrons. The van der Waals surface area contributed by atoms with Gasteiger partial charge in [-0.05, 0) is 36.6 Å². The number of aryl methyl sites for hydroxylation is 1. The fraction of sp³-hybridized carbons (Fsp3) is 0.190. The average Bonchev–Trinajstić information content (AvgIpc) is 3.33. The number of thiophene rings is 1. The molecule has 1 aromatic heterocycles. The van der Waals surface area contributed by atoms with Crippen molar-refractivity contribution in [2.75, 3.05) is 0 Å². The van der Waals surface area contributed by atoms with Crippen molar-refractivity contribution in [3.63, 3.8) is 0 Å². The first kappa shape index (κ1) is 15.5. The topological polar surface area (TPSA) is 45.1 Å². The van der Waals surface area contributed by atoms with Crippen molar-refractivity contribution in [2.45, 2.75) is 25.6 Å². The van der Waals surface area contributed by atoms with E-state index in [9.17, 15) is 5.11 Å². The Bertz CT molecular complexity index is 997. The monoisotopic (exact) mass is 362 g/mol. The molecule has 0 unspecified atom stereocenters. The summed E-state index contributed by atoms with van der Waals surface area (Å²) in [5, 5.41) is 19.3. The minimum absolute atomic E-state index is 0.113. The lowest BCUT2D eigenvalue weighted by Gasteiger charge is -2.37. The van der Waals surface area contributed by atoms with Gasteiger partial charge in [0.1, 0.15) is 11.5 Å². The SMILES string of the molecule is Cc1ccc(O)c(C2=NN3[C@@H](c4cccs4)Oc4ccccc4[C@@H]3C2)c1. The Kier molecular flexibility index (Phi) is 3.50. The Balaban J connectivity index is 1.62. The smallest absolute Gasteiger partial charge is 0.222 e. The molecule has 0 bridgehead atoms. The van der Waals surface area contributed by atoms with Crippen molar-refractivity contribution >= 4 is 17.0 Å². The molecule has 4 nitrogen and oxygen atoms in total. The molecule has 0 aliphatic carbocycles. The van der Waals surface area contributed by atoms with Gasteiger partial charge in [0.05, 0.1) is 16.6 Å². The van der Waals surface area contributed by atoms with Crippen molar-refractivity contribution in [3.8, 4) is 11.5 Å². The number of aromatic hydroxyl groups is 1. The summed E-state index contributed by atoms with van der Waals surface area (Å²) < 4.78 is 6.30. The number of para-hydroxylation sites is 1. The lowest BCUT2D eigenvalue weighted by molar-refractivity contribution is -0.0165. The van der Waals surface area contributed by atoms with E-state index in [0.717, 1.165) is 39.4 Å². The number of fused-ring (bicyclic) bond motifs is 3. The second-order valence-corrected chi connectivity index (χ2v) is 7.67. The molecule has 0 radical (unpaired) electrons. The fourth-order valence-corrected chi connectivity index (χ4v) is 4.44. The second kappa shape index (κ2) is 5.88. The van der Waals surface area contributed by atoms with Gasteiger partial charge in [0.25, 0.3) is 0 Å². The maximum Gasteiger partial charge on any atom is 0.222 e. The summed E-state index contributed by atoms with van der Waals surface area (Å²) >= 11 is 1.67. The van der Waals surface area contributed by atoms with Crippen molar-refractivity contribution in [1.29, 1.82) is 0 Å². The molecule has 0 saturated heterocycles. The van der Waals surface area contributed by atoms with Crippen molar-refractivity contribution < 1.29 is 9.84 Å². The van der Waals surface area contributed by atoms with Gasteiger partial charge < -0.3 is 9.84 Å². The van der Waals surface area contributed by atoms with Crippen LogP contribution in [0.5, 0.6) is 11.5 Å². The largest absolute Gasteiger partial charge is 0.507 e. The van der Waals surface area contributed by atoms with Gasteiger partial charge in [0.15, 0.2) is 0 Å². The highest BCUT2D eigenvalue weighted by Crippen LogP contribution is 2.48. The van der Waals surface area contributed by atoms with E-state index in [1.165, 1.54) is 0 Å². The number of hydrazone groups is 1. The van der Waals surface area contributed by atoms with E-state index in [1.54, 1.807) is 17.4 Å². The first-order valence-electron chi connectivity index (χ1n) is 8.65. The molecule has 2 aliphatic rings. The molecule has 2 aromatic carbocycles. The molecule has 5 heteroatoms. The maximum atomic E-state index is 10.3. The highest BCUT2D eigenvalue weighted by atomic mass is 32.1. The molecule has 2 aliphatic heterocycles. The van der Waals surface area contributed by atoms with E-state index >= 15 is 0 Å².